The van der Waals surface area contributed by atoms with Gasteiger partial charge >= 0.3 is 12.1 Å². The van der Waals surface area contributed by atoms with E-state index in [1.807, 2.05) is 0 Å². The largest absolute Gasteiger partial charge is 0.340 e. The van der Waals surface area contributed by atoms with Gasteiger partial charge in [-0.3, -0.25) is 14.4 Å². The van der Waals surface area contributed by atoms with Gasteiger partial charge in [0.2, 0.25) is 0 Å². The summed E-state index contributed by atoms with van der Waals surface area (Å²) in [4.78, 5) is 62.7. The van der Waals surface area contributed by atoms with E-state index in [4.69, 9.17) is 23.2 Å². The third-order valence-electron chi connectivity index (χ3n) is 3.64. The monoisotopic (exact) mass is 537 g/mol. The van der Waals surface area contributed by atoms with Crippen molar-refractivity contribution in [1.29, 1.82) is 0 Å². The van der Waals surface area contributed by atoms with E-state index in [0.717, 1.165) is 31.4 Å². The van der Waals surface area contributed by atoms with Crippen LogP contribution in [0.15, 0.2) is 18.2 Å². The predicted molar refractivity (Wildman–Crippen MR) is 133 cm³/mol. The molecule has 10 nitrogen and oxygen atoms in total. The Balaban J connectivity index is 0.000000389. The first-order valence-electron chi connectivity index (χ1n) is 9.42. The van der Waals surface area contributed by atoms with Gasteiger partial charge in [0.1, 0.15) is 6.54 Å². The standard InChI is InChI=1S/C13H13Cl2N3O3.C6H12N2O2S2/c1-7(2)16-12(20)17-6-11(19)18(13(17)21)10-4-8(14)3-9(15)5-10;1-7(2)5(9)11-12-6(10)8(3)4/h3-5,7H,6H2,1-2H3,(H,16,20);1-4H3. The first-order valence-corrected chi connectivity index (χ1v) is 12.3. The van der Waals surface area contributed by atoms with Crippen molar-refractivity contribution in [3.63, 3.8) is 0 Å². The molecule has 0 atom stereocenters. The number of anilines is 1. The zero-order valence-electron chi connectivity index (χ0n) is 18.9. The lowest BCUT2D eigenvalue weighted by Gasteiger charge is -2.18. The lowest BCUT2D eigenvalue weighted by molar-refractivity contribution is -0.116. The fourth-order valence-electron chi connectivity index (χ4n) is 2.13. The molecule has 0 unspecified atom stereocenters. The van der Waals surface area contributed by atoms with E-state index in [1.54, 1.807) is 42.0 Å². The van der Waals surface area contributed by atoms with Crippen molar-refractivity contribution in [3.05, 3.63) is 28.2 Å². The molecule has 0 bridgehead atoms. The number of halogens is 2. The van der Waals surface area contributed by atoms with E-state index < -0.39 is 18.0 Å². The Morgan fingerprint density at radius 3 is 1.79 bits per heavy atom. The number of benzene rings is 1. The number of carbonyl (C=O) groups excluding carboxylic acids is 5. The average Bonchev–Trinajstić information content (AvgIpc) is 2.99. The molecule has 182 valence electrons. The van der Waals surface area contributed by atoms with Crippen molar-refractivity contribution in [3.8, 4) is 0 Å². The molecule has 0 saturated carbocycles. The second-order valence-corrected chi connectivity index (χ2v) is 10.2. The van der Waals surface area contributed by atoms with Gasteiger partial charge in [-0.2, -0.15) is 0 Å². The normalized spacial score (nSPS) is 13.0. The van der Waals surface area contributed by atoms with Crippen molar-refractivity contribution >= 4 is 78.9 Å². The van der Waals surface area contributed by atoms with Crippen LogP contribution in [-0.2, 0) is 4.79 Å². The molecule has 0 aromatic heterocycles. The molecule has 1 aliphatic rings. The second kappa shape index (κ2) is 12.9. The Bertz CT molecular complexity index is 890. The minimum atomic E-state index is -0.725. The van der Waals surface area contributed by atoms with Crippen molar-refractivity contribution in [2.45, 2.75) is 19.9 Å². The molecule has 1 saturated heterocycles. The van der Waals surface area contributed by atoms with Gasteiger partial charge in [-0.15, -0.1) is 0 Å². The summed E-state index contributed by atoms with van der Waals surface area (Å²) in [5, 5.41) is 2.90. The number of carbonyl (C=O) groups is 5. The Morgan fingerprint density at radius 2 is 1.39 bits per heavy atom. The van der Waals surface area contributed by atoms with E-state index in [2.05, 4.69) is 5.32 Å². The molecule has 1 heterocycles. The molecule has 7 amide bonds. The lowest BCUT2D eigenvalue weighted by atomic mass is 10.3. The minimum Gasteiger partial charge on any atom is -0.339 e. The molecule has 0 radical (unpaired) electrons. The molecule has 0 aliphatic carbocycles. The summed E-state index contributed by atoms with van der Waals surface area (Å²) in [6, 6.07) is 2.88. The average molecular weight is 538 g/mol. The maximum atomic E-state index is 12.2. The summed E-state index contributed by atoms with van der Waals surface area (Å²) in [5.41, 5.74) is 0.238. The van der Waals surface area contributed by atoms with Crippen LogP contribution in [0.25, 0.3) is 0 Å². The van der Waals surface area contributed by atoms with Crippen LogP contribution < -0.4 is 10.2 Å². The molecule has 33 heavy (non-hydrogen) atoms. The second-order valence-electron chi connectivity index (χ2n) is 7.32. The van der Waals surface area contributed by atoms with Crippen LogP contribution in [0.3, 0.4) is 0 Å². The summed E-state index contributed by atoms with van der Waals surface area (Å²) in [5.74, 6) is -0.516. The molecule has 1 N–H and O–H groups in total. The number of nitrogens with zero attached hydrogens (tertiary/aromatic N) is 4. The molecule has 2 rings (SSSR count). The van der Waals surface area contributed by atoms with Crippen LogP contribution in [0, 0.1) is 0 Å². The Hall–Kier alpha value is -2.15. The summed E-state index contributed by atoms with van der Waals surface area (Å²) in [6.45, 7) is 3.20. The van der Waals surface area contributed by atoms with E-state index >= 15 is 0 Å². The molecule has 1 aliphatic heterocycles. The fraction of sp³-hybridized carbons (Fsp3) is 0.421. The highest BCUT2D eigenvalue weighted by molar-refractivity contribution is 8.87. The summed E-state index contributed by atoms with van der Waals surface area (Å²) in [6.07, 6.45) is 0. The number of rotatable bonds is 2. The van der Waals surface area contributed by atoms with E-state index in [0.29, 0.717) is 10.0 Å². The van der Waals surface area contributed by atoms with E-state index in [-0.39, 0.29) is 28.8 Å². The lowest BCUT2D eigenvalue weighted by Crippen LogP contribution is -2.45. The molecule has 0 spiro atoms. The van der Waals surface area contributed by atoms with Gasteiger partial charge in [-0.25, -0.2) is 19.4 Å². The van der Waals surface area contributed by atoms with Crippen molar-refractivity contribution in [2.75, 3.05) is 39.6 Å². The zero-order valence-corrected chi connectivity index (χ0v) is 22.1. The van der Waals surface area contributed by atoms with Crippen molar-refractivity contribution < 1.29 is 24.0 Å². The van der Waals surface area contributed by atoms with Gasteiger partial charge in [0, 0.05) is 65.9 Å². The smallest absolute Gasteiger partial charge is 0.339 e. The van der Waals surface area contributed by atoms with E-state index in [9.17, 15) is 24.0 Å². The van der Waals surface area contributed by atoms with Crippen molar-refractivity contribution in [1.82, 2.24) is 20.0 Å². The van der Waals surface area contributed by atoms with Crippen LogP contribution in [-0.4, -0.2) is 83.9 Å². The van der Waals surface area contributed by atoms with Crippen LogP contribution in [0.2, 0.25) is 10.0 Å². The number of hydrogen-bond donors (Lipinski definition) is 1. The number of amides is 7. The van der Waals surface area contributed by atoms with Gasteiger partial charge in [0.25, 0.3) is 16.4 Å². The van der Waals surface area contributed by atoms with Gasteiger partial charge in [0.05, 0.1) is 5.69 Å². The predicted octanol–water partition coefficient (Wildman–Crippen LogP) is 4.61. The van der Waals surface area contributed by atoms with Crippen LogP contribution >= 0.6 is 44.8 Å². The molecule has 14 heteroatoms. The Kier molecular flexibility index (Phi) is 11.3. The van der Waals surface area contributed by atoms with Crippen molar-refractivity contribution in [2.24, 2.45) is 0 Å². The quantitative estimate of drug-likeness (QED) is 0.433. The molecule has 1 aromatic carbocycles. The first kappa shape index (κ1) is 28.9. The Labute approximate surface area is 210 Å². The van der Waals surface area contributed by atoms with E-state index in [1.165, 1.54) is 28.0 Å². The molecular weight excluding hydrogens is 513 g/mol. The number of urea groups is 2. The zero-order chi connectivity index (χ0) is 25.5. The van der Waals surface area contributed by atoms with Gasteiger partial charge in [-0.1, -0.05) is 23.2 Å². The van der Waals surface area contributed by atoms with Crippen LogP contribution in [0.5, 0.6) is 0 Å². The SMILES string of the molecule is CC(C)NC(=O)N1CC(=O)N(c2cc(Cl)cc(Cl)c2)C1=O.CN(C)C(=O)SSC(=O)N(C)C. The number of nitrogens with one attached hydrogen (secondary N) is 1. The summed E-state index contributed by atoms with van der Waals surface area (Å²) < 4.78 is 0. The highest BCUT2D eigenvalue weighted by Gasteiger charge is 2.41. The molecule has 1 aromatic rings. The third-order valence-corrected chi connectivity index (χ3v) is 6.28. The number of hydrogen-bond acceptors (Lipinski definition) is 7. The highest BCUT2D eigenvalue weighted by atomic mass is 35.5. The fourth-order valence-corrected chi connectivity index (χ4v) is 4.41. The first-order chi connectivity index (χ1) is 15.2. The van der Waals surface area contributed by atoms with Gasteiger partial charge < -0.3 is 15.1 Å². The third kappa shape index (κ3) is 8.95. The summed E-state index contributed by atoms with van der Waals surface area (Å²) in [7, 11) is 8.46. The molecule has 1 fully saturated rings. The maximum Gasteiger partial charge on any atom is 0.340 e. The van der Waals surface area contributed by atoms with Crippen LogP contribution in [0.4, 0.5) is 24.9 Å². The maximum absolute atomic E-state index is 12.2. The van der Waals surface area contributed by atoms with Crippen LogP contribution in [0.1, 0.15) is 13.8 Å². The highest BCUT2D eigenvalue weighted by Crippen LogP contribution is 2.28. The van der Waals surface area contributed by atoms with Gasteiger partial charge in [-0.05, 0) is 32.0 Å². The summed E-state index contributed by atoms with van der Waals surface area (Å²) >= 11 is 11.7. The minimum absolute atomic E-state index is 0.129. The van der Waals surface area contributed by atoms with Gasteiger partial charge in [0.15, 0.2) is 0 Å². The topological polar surface area (TPSA) is 110 Å². The molecular formula is C19H25Cl2N5O5S2. The number of imide groups is 2. The Morgan fingerprint density at radius 1 is 0.939 bits per heavy atom.